The number of esters is 4. The maximum atomic E-state index is 11.9. The van der Waals surface area contributed by atoms with Crippen LogP contribution in [0, 0.1) is 0 Å². The van der Waals surface area contributed by atoms with Crippen LogP contribution in [0.5, 0.6) is 0 Å². The topological polar surface area (TPSA) is 158 Å². The van der Waals surface area contributed by atoms with Crippen LogP contribution >= 0.6 is 0 Å². The van der Waals surface area contributed by atoms with Gasteiger partial charge in [0.15, 0.2) is 24.5 Å². The molecule has 0 radical (unpaired) electrons. The predicted molar refractivity (Wildman–Crippen MR) is 110 cm³/mol. The molecule has 34 heavy (non-hydrogen) atoms. The third kappa shape index (κ3) is 6.13. The molecule has 0 aliphatic carbocycles. The molecular formula is C21H24N4O9. The highest BCUT2D eigenvalue weighted by atomic mass is 16.7. The van der Waals surface area contributed by atoms with Crippen LogP contribution in [0.1, 0.15) is 33.9 Å². The minimum Gasteiger partial charge on any atom is -0.463 e. The van der Waals surface area contributed by atoms with E-state index in [1.54, 1.807) is 24.4 Å². The lowest BCUT2D eigenvalue weighted by Gasteiger charge is -2.44. The molecule has 2 aromatic rings. The molecule has 0 aromatic carbocycles. The Morgan fingerprint density at radius 2 is 1.53 bits per heavy atom. The summed E-state index contributed by atoms with van der Waals surface area (Å²) >= 11 is 0. The van der Waals surface area contributed by atoms with E-state index in [2.05, 4.69) is 15.3 Å². The molecule has 0 spiro atoms. The van der Waals surface area contributed by atoms with E-state index >= 15 is 0 Å². The second-order valence-electron chi connectivity index (χ2n) is 7.39. The first-order valence-corrected chi connectivity index (χ1v) is 10.3. The van der Waals surface area contributed by atoms with Gasteiger partial charge >= 0.3 is 23.9 Å². The van der Waals surface area contributed by atoms with Crippen LogP contribution in [0.4, 0.5) is 0 Å². The van der Waals surface area contributed by atoms with Crippen molar-refractivity contribution in [2.24, 2.45) is 0 Å². The van der Waals surface area contributed by atoms with Crippen molar-refractivity contribution in [2.75, 3.05) is 6.61 Å². The van der Waals surface area contributed by atoms with Crippen LogP contribution in [-0.2, 0) is 42.9 Å². The lowest BCUT2D eigenvalue weighted by atomic mass is 9.97. The summed E-state index contributed by atoms with van der Waals surface area (Å²) in [6.45, 7) is 4.32. The van der Waals surface area contributed by atoms with Crippen molar-refractivity contribution < 1.29 is 42.9 Å². The average molecular weight is 476 g/mol. The molecule has 1 aliphatic rings. The van der Waals surface area contributed by atoms with Crippen molar-refractivity contribution in [3.63, 3.8) is 0 Å². The van der Waals surface area contributed by atoms with Gasteiger partial charge in [-0.05, 0) is 12.1 Å². The first kappa shape index (κ1) is 24.8. The summed E-state index contributed by atoms with van der Waals surface area (Å²) in [5.41, 5.74) is 0.924. The zero-order valence-electron chi connectivity index (χ0n) is 18.9. The predicted octanol–water partition coefficient (Wildman–Crippen LogP) is 0.596. The van der Waals surface area contributed by atoms with Gasteiger partial charge in [-0.3, -0.25) is 24.2 Å². The SMILES string of the molecule is CC(=O)OC[C@H]1O[C@@H](n2cc(-c3ccccn3)nn2)[C@H](OC(C)=O)[C@@H](OC(C)=O)[C@@H]1OC(C)=O. The maximum absolute atomic E-state index is 11.9. The highest BCUT2D eigenvalue weighted by molar-refractivity contribution is 5.68. The Hall–Kier alpha value is -3.87. The van der Waals surface area contributed by atoms with Crippen molar-refractivity contribution in [3.8, 4) is 11.4 Å². The van der Waals surface area contributed by atoms with Gasteiger partial charge in [0.1, 0.15) is 18.4 Å². The molecule has 0 N–H and O–H groups in total. The van der Waals surface area contributed by atoms with Gasteiger partial charge in [-0.2, -0.15) is 0 Å². The van der Waals surface area contributed by atoms with E-state index in [1.807, 2.05) is 0 Å². The zero-order chi connectivity index (χ0) is 24.8. The van der Waals surface area contributed by atoms with E-state index in [9.17, 15) is 19.2 Å². The van der Waals surface area contributed by atoms with Crippen molar-refractivity contribution in [2.45, 2.75) is 58.3 Å². The number of hydrogen-bond donors (Lipinski definition) is 0. The van der Waals surface area contributed by atoms with Crippen LogP contribution in [0.2, 0.25) is 0 Å². The minimum atomic E-state index is -1.30. The van der Waals surface area contributed by atoms with Gasteiger partial charge in [0.2, 0.25) is 0 Å². The normalized spacial score (nSPS) is 24.1. The number of carbonyl (C=O) groups excluding carboxylic acids is 4. The van der Waals surface area contributed by atoms with Crippen molar-refractivity contribution >= 4 is 23.9 Å². The van der Waals surface area contributed by atoms with E-state index in [4.69, 9.17) is 23.7 Å². The minimum absolute atomic E-state index is 0.337. The van der Waals surface area contributed by atoms with Crippen LogP contribution in [0.15, 0.2) is 30.6 Å². The Morgan fingerprint density at radius 1 is 0.882 bits per heavy atom. The van der Waals surface area contributed by atoms with Crippen molar-refractivity contribution in [1.82, 2.24) is 20.0 Å². The molecule has 0 bridgehead atoms. The molecule has 5 atom stereocenters. The number of hydrogen-bond acceptors (Lipinski definition) is 12. The molecule has 182 valence electrons. The van der Waals surface area contributed by atoms with Crippen LogP contribution in [-0.4, -0.2) is 74.9 Å². The third-order valence-corrected chi connectivity index (χ3v) is 4.66. The fourth-order valence-electron chi connectivity index (χ4n) is 3.45. The van der Waals surface area contributed by atoms with Crippen LogP contribution in [0.3, 0.4) is 0 Å². The summed E-state index contributed by atoms with van der Waals surface area (Å²) in [5.74, 6) is -2.75. The molecule has 13 heteroatoms. The number of carbonyl (C=O) groups is 4. The van der Waals surface area contributed by atoms with Crippen molar-refractivity contribution in [3.05, 3.63) is 30.6 Å². The van der Waals surface area contributed by atoms with Crippen LogP contribution < -0.4 is 0 Å². The molecule has 3 heterocycles. The molecule has 13 nitrogen and oxygen atoms in total. The van der Waals surface area contributed by atoms with E-state index in [0.29, 0.717) is 11.4 Å². The van der Waals surface area contributed by atoms with E-state index in [1.165, 1.54) is 17.8 Å². The summed E-state index contributed by atoms with van der Waals surface area (Å²) in [6, 6.07) is 5.24. The summed E-state index contributed by atoms with van der Waals surface area (Å²) in [7, 11) is 0. The summed E-state index contributed by atoms with van der Waals surface area (Å²) in [5, 5.41) is 8.14. The number of aromatic nitrogens is 4. The number of ether oxygens (including phenoxy) is 5. The molecule has 0 amide bonds. The summed E-state index contributed by atoms with van der Waals surface area (Å²) in [6.07, 6.45) is -3.00. The standard InChI is InChI=1S/C21H24N4O9/c1-11(26)30-10-17-18(31-12(2)27)19(32-13(3)28)20(33-14(4)29)21(34-17)25-9-16(23-24-25)15-7-5-6-8-22-15/h5-9,17-21H,10H2,1-4H3/t17-,18-,19+,20-,21-/m1/s1. The van der Waals surface area contributed by atoms with Crippen LogP contribution in [0.25, 0.3) is 11.4 Å². The quantitative estimate of drug-likeness (QED) is 0.405. The fraction of sp³-hybridized carbons (Fsp3) is 0.476. The molecule has 1 aliphatic heterocycles. The highest BCUT2D eigenvalue weighted by Crippen LogP contribution is 2.34. The lowest BCUT2D eigenvalue weighted by Crippen LogP contribution is -2.60. The zero-order valence-corrected chi connectivity index (χ0v) is 18.9. The van der Waals surface area contributed by atoms with E-state index in [0.717, 1.165) is 20.8 Å². The van der Waals surface area contributed by atoms with E-state index in [-0.39, 0.29) is 6.61 Å². The molecule has 1 saturated heterocycles. The van der Waals surface area contributed by atoms with Crippen molar-refractivity contribution in [1.29, 1.82) is 0 Å². The summed E-state index contributed by atoms with van der Waals surface area (Å²) in [4.78, 5) is 51.3. The van der Waals surface area contributed by atoms with Gasteiger partial charge in [0.05, 0.1) is 11.9 Å². The first-order valence-electron chi connectivity index (χ1n) is 10.3. The Bertz CT molecular complexity index is 1040. The van der Waals surface area contributed by atoms with Gasteiger partial charge in [0.25, 0.3) is 0 Å². The van der Waals surface area contributed by atoms with Gasteiger partial charge in [-0.25, -0.2) is 4.68 Å². The molecule has 1 fully saturated rings. The van der Waals surface area contributed by atoms with Gasteiger partial charge < -0.3 is 23.7 Å². The van der Waals surface area contributed by atoms with E-state index < -0.39 is 54.5 Å². The Kier molecular flexibility index (Phi) is 7.89. The third-order valence-electron chi connectivity index (χ3n) is 4.66. The number of nitrogens with zero attached hydrogens (tertiary/aromatic N) is 4. The molecule has 3 rings (SSSR count). The fourth-order valence-corrected chi connectivity index (χ4v) is 3.45. The number of pyridine rings is 1. The smallest absolute Gasteiger partial charge is 0.303 e. The molecule has 0 saturated carbocycles. The monoisotopic (exact) mass is 476 g/mol. The molecule has 0 unspecified atom stereocenters. The Balaban J connectivity index is 2.03. The Morgan fingerprint density at radius 3 is 2.12 bits per heavy atom. The highest BCUT2D eigenvalue weighted by Gasteiger charge is 2.53. The van der Waals surface area contributed by atoms with Gasteiger partial charge in [0, 0.05) is 33.9 Å². The maximum Gasteiger partial charge on any atom is 0.303 e. The second-order valence-corrected chi connectivity index (χ2v) is 7.39. The molecule has 2 aromatic heterocycles. The average Bonchev–Trinajstić information content (AvgIpc) is 3.25. The molecular weight excluding hydrogens is 452 g/mol. The van der Waals surface area contributed by atoms with Gasteiger partial charge in [-0.1, -0.05) is 11.3 Å². The first-order chi connectivity index (χ1) is 16.2. The Labute approximate surface area is 194 Å². The lowest BCUT2D eigenvalue weighted by molar-refractivity contribution is -0.270. The summed E-state index contributed by atoms with van der Waals surface area (Å²) < 4.78 is 28.5. The van der Waals surface area contributed by atoms with Gasteiger partial charge in [-0.15, -0.1) is 5.10 Å². The largest absolute Gasteiger partial charge is 0.463 e. The second kappa shape index (κ2) is 10.8. The number of rotatable bonds is 7.